The number of nitrogens with zero attached hydrogens (tertiary/aromatic N) is 2. The third-order valence-electron chi connectivity index (χ3n) is 4.70. The summed E-state index contributed by atoms with van der Waals surface area (Å²) in [6.45, 7) is -0.122. The Morgan fingerprint density at radius 3 is 2.62 bits per heavy atom. The molecule has 0 N–H and O–H groups in total. The molecule has 0 bridgehead atoms. The van der Waals surface area contributed by atoms with Gasteiger partial charge in [0.05, 0.1) is 17.0 Å². The molecule has 1 aliphatic heterocycles. The first-order chi connectivity index (χ1) is 11.4. The number of carbonyl (C=O) groups excluding carboxylic acids is 1. The van der Waals surface area contributed by atoms with Gasteiger partial charge in [0.1, 0.15) is 6.54 Å². The average Bonchev–Trinajstić information content (AvgIpc) is 3.22. The summed E-state index contributed by atoms with van der Waals surface area (Å²) in [6, 6.07) is 6.78. The molecule has 1 saturated heterocycles. The minimum Gasteiger partial charge on any atom is -0.408 e. The lowest BCUT2D eigenvalue weighted by Crippen LogP contribution is -2.45. The van der Waals surface area contributed by atoms with Gasteiger partial charge in [-0.05, 0) is 31.4 Å². The number of para-hydroxylation sites is 2. The Bertz CT molecular complexity index is 954. The van der Waals surface area contributed by atoms with Crippen molar-refractivity contribution in [2.24, 2.45) is 0 Å². The summed E-state index contributed by atoms with van der Waals surface area (Å²) < 4.78 is 30.0. The lowest BCUT2D eigenvalue weighted by molar-refractivity contribution is -0.134. The normalized spacial score (nSPS) is 22.8. The fourth-order valence-corrected chi connectivity index (χ4v) is 5.14. The molecule has 0 radical (unpaired) electrons. The van der Waals surface area contributed by atoms with Gasteiger partial charge in [-0.25, -0.2) is 13.2 Å². The number of sulfone groups is 1. The molecule has 1 amide bonds. The molecule has 0 unspecified atom stereocenters. The second-order valence-electron chi connectivity index (χ2n) is 6.51. The van der Waals surface area contributed by atoms with Crippen LogP contribution in [0.4, 0.5) is 0 Å². The quantitative estimate of drug-likeness (QED) is 0.813. The Balaban J connectivity index is 1.62. The van der Waals surface area contributed by atoms with Gasteiger partial charge in [-0.1, -0.05) is 12.1 Å². The summed E-state index contributed by atoms with van der Waals surface area (Å²) in [5.41, 5.74) is 1.02. The van der Waals surface area contributed by atoms with Crippen LogP contribution in [0.5, 0.6) is 0 Å². The second kappa shape index (κ2) is 5.47. The molecule has 2 aromatic rings. The van der Waals surface area contributed by atoms with Crippen LogP contribution in [0, 0.1) is 0 Å². The molecule has 0 spiro atoms. The van der Waals surface area contributed by atoms with Crippen LogP contribution in [0.2, 0.25) is 0 Å². The third kappa shape index (κ3) is 2.75. The molecule has 2 aliphatic rings. The first kappa shape index (κ1) is 15.4. The number of carbonyl (C=O) groups is 1. The number of rotatable bonds is 4. The highest BCUT2D eigenvalue weighted by Gasteiger charge is 2.42. The van der Waals surface area contributed by atoms with E-state index in [4.69, 9.17) is 4.42 Å². The van der Waals surface area contributed by atoms with Crippen LogP contribution in [0.15, 0.2) is 33.5 Å². The van der Waals surface area contributed by atoms with Crippen molar-refractivity contribution in [3.8, 4) is 0 Å². The molecule has 4 rings (SSSR count). The van der Waals surface area contributed by atoms with Crippen molar-refractivity contribution in [3.63, 3.8) is 0 Å². The Kier molecular flexibility index (Phi) is 3.52. The van der Waals surface area contributed by atoms with Crippen LogP contribution in [-0.4, -0.2) is 47.4 Å². The summed E-state index contributed by atoms with van der Waals surface area (Å²) in [7, 11) is -3.07. The number of benzene rings is 1. The van der Waals surface area contributed by atoms with Gasteiger partial charge in [0.15, 0.2) is 15.4 Å². The summed E-state index contributed by atoms with van der Waals surface area (Å²) in [4.78, 5) is 26.5. The number of oxazole rings is 1. The monoisotopic (exact) mass is 350 g/mol. The van der Waals surface area contributed by atoms with E-state index < -0.39 is 15.6 Å². The van der Waals surface area contributed by atoms with E-state index in [0.717, 1.165) is 12.8 Å². The number of hydrogen-bond acceptors (Lipinski definition) is 5. The van der Waals surface area contributed by atoms with E-state index in [0.29, 0.717) is 17.5 Å². The molecule has 1 atom stereocenters. The minimum absolute atomic E-state index is 0.0241. The topological polar surface area (TPSA) is 89.6 Å². The summed E-state index contributed by atoms with van der Waals surface area (Å²) in [6.07, 6.45) is 2.26. The summed E-state index contributed by atoms with van der Waals surface area (Å²) >= 11 is 0. The highest BCUT2D eigenvalue weighted by atomic mass is 32.2. The van der Waals surface area contributed by atoms with Crippen molar-refractivity contribution in [1.29, 1.82) is 0 Å². The smallest absolute Gasteiger partial charge is 0.408 e. The maximum absolute atomic E-state index is 12.8. The summed E-state index contributed by atoms with van der Waals surface area (Å²) in [5.74, 6) is -0.633. The van der Waals surface area contributed by atoms with E-state index in [1.165, 1.54) is 4.57 Å². The van der Waals surface area contributed by atoms with E-state index in [-0.39, 0.29) is 36.0 Å². The van der Waals surface area contributed by atoms with Gasteiger partial charge < -0.3 is 9.32 Å². The highest BCUT2D eigenvalue weighted by Crippen LogP contribution is 2.32. The van der Waals surface area contributed by atoms with Gasteiger partial charge in [0, 0.05) is 12.1 Å². The van der Waals surface area contributed by atoms with Crippen molar-refractivity contribution in [2.75, 3.05) is 11.5 Å². The zero-order valence-electron chi connectivity index (χ0n) is 13.1. The fraction of sp³-hybridized carbons (Fsp3) is 0.500. The van der Waals surface area contributed by atoms with Crippen LogP contribution >= 0.6 is 0 Å². The summed E-state index contributed by atoms with van der Waals surface area (Å²) in [5, 5.41) is 0. The molecule has 128 valence electrons. The molecule has 7 nitrogen and oxygen atoms in total. The van der Waals surface area contributed by atoms with Crippen molar-refractivity contribution in [2.45, 2.75) is 37.9 Å². The Morgan fingerprint density at radius 2 is 1.96 bits per heavy atom. The molecule has 24 heavy (non-hydrogen) atoms. The second-order valence-corrected chi connectivity index (χ2v) is 8.74. The van der Waals surface area contributed by atoms with E-state index >= 15 is 0 Å². The molecule has 2 fully saturated rings. The largest absolute Gasteiger partial charge is 0.420 e. The standard InChI is InChI=1S/C16H18N2O5S/c19-15(9-17-13-3-1-2-4-14(13)23-16(17)20)18(11-5-6-11)12-7-8-24(21,22)10-12/h1-4,11-12H,5-10H2/t12-/m0/s1. The number of hydrogen-bond donors (Lipinski definition) is 0. The number of aromatic nitrogens is 1. The van der Waals surface area contributed by atoms with Crippen LogP contribution in [0.25, 0.3) is 11.1 Å². The van der Waals surface area contributed by atoms with Crippen molar-refractivity contribution in [1.82, 2.24) is 9.47 Å². The Labute approximate surface area is 138 Å². The van der Waals surface area contributed by atoms with Crippen LogP contribution in [0.1, 0.15) is 19.3 Å². The Hall–Kier alpha value is -2.09. The van der Waals surface area contributed by atoms with Gasteiger partial charge in [0.2, 0.25) is 5.91 Å². The van der Waals surface area contributed by atoms with Crippen molar-refractivity contribution >= 4 is 26.8 Å². The number of fused-ring (bicyclic) bond motifs is 1. The minimum atomic E-state index is -3.07. The molecular formula is C16H18N2O5S. The van der Waals surface area contributed by atoms with Gasteiger partial charge in [-0.3, -0.25) is 9.36 Å². The maximum Gasteiger partial charge on any atom is 0.420 e. The molecule has 2 heterocycles. The van der Waals surface area contributed by atoms with Gasteiger partial charge in [0.25, 0.3) is 0 Å². The number of amides is 1. The predicted octanol–water partition coefficient (Wildman–Crippen LogP) is 0.773. The zero-order valence-corrected chi connectivity index (χ0v) is 13.9. The average molecular weight is 350 g/mol. The third-order valence-corrected chi connectivity index (χ3v) is 6.45. The van der Waals surface area contributed by atoms with E-state index in [1.807, 2.05) is 0 Å². The van der Waals surface area contributed by atoms with Crippen molar-refractivity contribution in [3.05, 3.63) is 34.8 Å². The first-order valence-corrected chi connectivity index (χ1v) is 9.87. The SMILES string of the molecule is O=C(Cn1c(=O)oc2ccccc21)N(C1CC1)[C@H]1CCS(=O)(=O)C1. The lowest BCUT2D eigenvalue weighted by atomic mass is 10.2. The maximum atomic E-state index is 12.8. The van der Waals surface area contributed by atoms with Gasteiger partial charge in [-0.15, -0.1) is 0 Å². The van der Waals surface area contributed by atoms with Crippen molar-refractivity contribution < 1.29 is 17.6 Å². The predicted molar refractivity (Wildman–Crippen MR) is 87.4 cm³/mol. The van der Waals surface area contributed by atoms with E-state index in [1.54, 1.807) is 29.2 Å². The molecule has 1 aliphatic carbocycles. The van der Waals surface area contributed by atoms with E-state index in [9.17, 15) is 18.0 Å². The van der Waals surface area contributed by atoms with Crippen LogP contribution < -0.4 is 5.76 Å². The van der Waals surface area contributed by atoms with Gasteiger partial charge >= 0.3 is 5.76 Å². The molecule has 8 heteroatoms. The van der Waals surface area contributed by atoms with E-state index in [2.05, 4.69) is 0 Å². The highest BCUT2D eigenvalue weighted by molar-refractivity contribution is 7.91. The fourth-order valence-electron chi connectivity index (χ4n) is 3.43. The molecule has 1 saturated carbocycles. The first-order valence-electron chi connectivity index (χ1n) is 8.04. The molecule has 1 aromatic carbocycles. The van der Waals surface area contributed by atoms with Crippen LogP contribution in [-0.2, 0) is 21.2 Å². The Morgan fingerprint density at radius 1 is 1.21 bits per heavy atom. The van der Waals surface area contributed by atoms with Crippen LogP contribution in [0.3, 0.4) is 0 Å². The van der Waals surface area contributed by atoms with Gasteiger partial charge in [-0.2, -0.15) is 0 Å². The molecular weight excluding hydrogens is 332 g/mol. The lowest BCUT2D eigenvalue weighted by Gasteiger charge is -2.28. The molecule has 1 aromatic heterocycles. The zero-order chi connectivity index (χ0) is 16.9.